The highest BCUT2D eigenvalue weighted by atomic mass is 32.1. The van der Waals surface area contributed by atoms with Crippen molar-refractivity contribution in [3.8, 4) is 22.4 Å². The third-order valence-electron chi connectivity index (χ3n) is 15.3. The van der Waals surface area contributed by atoms with Gasteiger partial charge in [-0.2, -0.15) is 4.57 Å². The minimum atomic E-state index is -1.77. The smallest absolute Gasteiger partial charge is 0.213 e. The number of fused-ring (bicyclic) bond motifs is 18. The van der Waals surface area contributed by atoms with E-state index in [-0.39, 0.29) is 29.5 Å². The van der Waals surface area contributed by atoms with Crippen molar-refractivity contribution in [3.63, 3.8) is 0 Å². The van der Waals surface area contributed by atoms with Crippen molar-refractivity contribution in [2.24, 2.45) is 5.92 Å². The van der Waals surface area contributed by atoms with E-state index in [1.54, 1.807) is 11.3 Å². The van der Waals surface area contributed by atoms with Crippen LogP contribution in [0.3, 0.4) is 0 Å². The van der Waals surface area contributed by atoms with Gasteiger partial charge >= 0.3 is 0 Å². The van der Waals surface area contributed by atoms with Gasteiger partial charge in [0.05, 0.1) is 25.9 Å². The molecule has 0 aliphatic carbocycles. The Morgan fingerprint density at radius 1 is 0.725 bits per heavy atom. The SMILES string of the molecule is C=C1CC2C(CCc3ccc4c(oc5c(F)cc(-c6ccccc6)cc54)c3C3N1c1ccccc1N3c1ccc3sc4ccccc4c3c1)c1ccccc1-c1cc(CC(C)C)c([Si](C)(C)C)c[n+]12. The molecule has 3 aliphatic rings. The first-order valence-electron chi connectivity index (χ1n) is 24.7. The molecule has 0 saturated heterocycles. The number of aromatic nitrogens is 1. The highest BCUT2D eigenvalue weighted by Crippen LogP contribution is 2.57. The first-order chi connectivity index (χ1) is 33.5. The summed E-state index contributed by atoms with van der Waals surface area (Å²) in [6.07, 6.45) is 5.76. The molecule has 6 heterocycles. The second kappa shape index (κ2) is 15.9. The maximum absolute atomic E-state index is 16.7. The van der Waals surface area contributed by atoms with Gasteiger partial charge in [-0.1, -0.05) is 131 Å². The molecule has 0 spiro atoms. The molecular formula is C62H55FN3OSSi+. The van der Waals surface area contributed by atoms with E-state index in [2.05, 4.69) is 169 Å². The Balaban J connectivity index is 1.07. The lowest BCUT2D eigenvalue weighted by molar-refractivity contribution is -0.717. The molecule has 0 bridgehead atoms. The normalized spacial score (nSPS) is 17.8. The molecule has 3 aromatic heterocycles. The monoisotopic (exact) mass is 936 g/mol. The summed E-state index contributed by atoms with van der Waals surface area (Å²) in [5.74, 6) is 0.411. The molecule has 7 aromatic carbocycles. The molecule has 0 radical (unpaired) electrons. The van der Waals surface area contributed by atoms with Crippen molar-refractivity contribution in [1.82, 2.24) is 0 Å². The van der Waals surface area contributed by atoms with Crippen LogP contribution < -0.4 is 19.6 Å². The number of rotatable bonds is 5. The van der Waals surface area contributed by atoms with Gasteiger partial charge in [-0.25, -0.2) is 4.39 Å². The zero-order valence-electron chi connectivity index (χ0n) is 39.9. The summed E-state index contributed by atoms with van der Waals surface area (Å²) in [4.78, 5) is 5.03. The maximum atomic E-state index is 16.7. The molecule has 340 valence electrons. The van der Waals surface area contributed by atoms with E-state index < -0.39 is 8.07 Å². The Kier molecular flexibility index (Phi) is 9.73. The van der Waals surface area contributed by atoms with Crippen molar-refractivity contribution in [2.45, 2.75) is 77.3 Å². The second-order valence-electron chi connectivity index (χ2n) is 21.1. The van der Waals surface area contributed by atoms with Gasteiger partial charge in [-0.3, -0.25) is 0 Å². The fraction of sp³-hybridized carbons (Fsp3) is 0.210. The number of thiophene rings is 1. The number of para-hydroxylation sites is 2. The summed E-state index contributed by atoms with van der Waals surface area (Å²) >= 11 is 1.84. The van der Waals surface area contributed by atoms with Crippen LogP contribution in [0.2, 0.25) is 19.6 Å². The van der Waals surface area contributed by atoms with Crippen LogP contribution in [0.15, 0.2) is 175 Å². The van der Waals surface area contributed by atoms with E-state index in [4.69, 9.17) is 11.0 Å². The van der Waals surface area contributed by atoms with Crippen LogP contribution in [0.25, 0.3) is 64.5 Å². The second-order valence-corrected chi connectivity index (χ2v) is 27.2. The average molecular weight is 937 g/mol. The Labute approximate surface area is 408 Å². The molecule has 3 atom stereocenters. The van der Waals surface area contributed by atoms with Gasteiger partial charge in [0.25, 0.3) is 0 Å². The predicted molar refractivity (Wildman–Crippen MR) is 290 cm³/mol. The molecule has 0 saturated carbocycles. The number of hydrogen-bond acceptors (Lipinski definition) is 4. The van der Waals surface area contributed by atoms with Crippen molar-refractivity contribution in [3.05, 3.63) is 198 Å². The number of halogens is 1. The number of aryl methyl sites for hydroxylation is 1. The van der Waals surface area contributed by atoms with Gasteiger partial charge in [0.1, 0.15) is 11.7 Å². The molecule has 69 heavy (non-hydrogen) atoms. The van der Waals surface area contributed by atoms with Gasteiger partial charge in [0, 0.05) is 70.6 Å². The molecule has 7 heteroatoms. The van der Waals surface area contributed by atoms with E-state index in [0.717, 1.165) is 81.5 Å². The fourth-order valence-electron chi connectivity index (χ4n) is 12.3. The van der Waals surface area contributed by atoms with Gasteiger partial charge in [-0.15, -0.1) is 11.3 Å². The summed E-state index contributed by atoms with van der Waals surface area (Å²) in [7, 11) is -1.77. The topological polar surface area (TPSA) is 23.5 Å². The van der Waals surface area contributed by atoms with E-state index >= 15 is 4.39 Å². The number of pyridine rings is 1. The average Bonchev–Trinajstić information content (AvgIpc) is 4.03. The van der Waals surface area contributed by atoms with Crippen LogP contribution >= 0.6 is 11.3 Å². The van der Waals surface area contributed by atoms with E-state index in [1.165, 1.54) is 48.1 Å². The molecule has 0 fully saturated rings. The Morgan fingerprint density at radius 3 is 2.28 bits per heavy atom. The molecular weight excluding hydrogens is 882 g/mol. The fourth-order valence-corrected chi connectivity index (χ4v) is 15.1. The third kappa shape index (κ3) is 6.68. The van der Waals surface area contributed by atoms with Crippen molar-refractivity contribution >= 4 is 83.8 Å². The Bertz CT molecular complexity index is 3730. The highest BCUT2D eigenvalue weighted by molar-refractivity contribution is 7.25. The summed E-state index contributed by atoms with van der Waals surface area (Å²) in [5.41, 5.74) is 15.0. The van der Waals surface area contributed by atoms with Crippen LogP contribution in [0, 0.1) is 11.7 Å². The molecule has 0 N–H and O–H groups in total. The first kappa shape index (κ1) is 42.3. The van der Waals surface area contributed by atoms with Crippen molar-refractivity contribution in [2.75, 3.05) is 9.80 Å². The summed E-state index contributed by atoms with van der Waals surface area (Å²) < 4.78 is 28.9. The third-order valence-corrected chi connectivity index (χ3v) is 18.5. The summed E-state index contributed by atoms with van der Waals surface area (Å²) in [6, 6.07) is 54.7. The zero-order valence-corrected chi connectivity index (χ0v) is 41.7. The molecule has 3 unspecified atom stereocenters. The number of anilines is 3. The Hall–Kier alpha value is -6.80. The largest absolute Gasteiger partial charge is 0.453 e. The minimum Gasteiger partial charge on any atom is -0.453 e. The number of allylic oxidation sites excluding steroid dienone is 1. The number of hydrogen-bond donors (Lipinski definition) is 0. The van der Waals surface area contributed by atoms with Crippen LogP contribution in [-0.2, 0) is 12.8 Å². The lowest BCUT2D eigenvalue weighted by Crippen LogP contribution is -2.54. The van der Waals surface area contributed by atoms with Crippen LogP contribution in [-0.4, -0.2) is 8.07 Å². The minimum absolute atomic E-state index is 0.128. The lowest BCUT2D eigenvalue weighted by Gasteiger charge is -2.39. The molecule has 13 rings (SSSR count). The van der Waals surface area contributed by atoms with Crippen molar-refractivity contribution in [1.29, 1.82) is 0 Å². The predicted octanol–water partition coefficient (Wildman–Crippen LogP) is 16.3. The number of benzene rings is 7. The van der Waals surface area contributed by atoms with Crippen LogP contribution in [0.4, 0.5) is 21.5 Å². The number of furan rings is 1. The quantitative estimate of drug-likeness (QED) is 0.127. The van der Waals surface area contributed by atoms with Gasteiger partial charge in [0.15, 0.2) is 23.6 Å². The van der Waals surface area contributed by atoms with Gasteiger partial charge < -0.3 is 14.2 Å². The lowest BCUT2D eigenvalue weighted by atomic mass is 9.77. The molecule has 0 amide bonds. The van der Waals surface area contributed by atoms with Gasteiger partial charge in [0.2, 0.25) is 5.69 Å². The zero-order chi connectivity index (χ0) is 46.9. The van der Waals surface area contributed by atoms with Crippen LogP contribution in [0.5, 0.6) is 0 Å². The molecule has 4 nitrogen and oxygen atoms in total. The first-order valence-corrected chi connectivity index (χ1v) is 29.0. The summed E-state index contributed by atoms with van der Waals surface area (Å²) in [6.45, 7) is 17.3. The molecule has 3 aliphatic heterocycles. The van der Waals surface area contributed by atoms with Crippen LogP contribution in [0.1, 0.15) is 67.1 Å². The standard InChI is InChI=1S/C62H55FN3OSSi/c1-37(2)30-42-34-55-45-19-11-10-18-44(45)46-27-24-40-25-28-48-50-32-41(39-16-8-7-9-17-39)33-51(63)60(50)67-61(48)59(40)62-65(38(3)31-54(46)64(55)36-58(42)69(4,5)6)52-21-13-14-22-53(52)66(62)43-26-29-57-49(35-43)47-20-12-15-23-56(47)68-57/h7-23,25-26,28-29,32-37,46,54,62H,3,24,27,30-31H2,1-2,4-6H3/q+1. The highest BCUT2D eigenvalue weighted by Gasteiger charge is 2.47. The maximum Gasteiger partial charge on any atom is 0.213 e. The van der Waals surface area contributed by atoms with E-state index in [9.17, 15) is 0 Å². The molecule has 10 aromatic rings. The van der Waals surface area contributed by atoms with Crippen molar-refractivity contribution < 1.29 is 13.4 Å². The van der Waals surface area contributed by atoms with E-state index in [1.807, 2.05) is 41.7 Å². The number of nitrogens with zero attached hydrogens (tertiary/aromatic N) is 3. The Morgan fingerprint density at radius 2 is 1.46 bits per heavy atom. The van der Waals surface area contributed by atoms with Gasteiger partial charge in [-0.05, 0) is 108 Å². The summed E-state index contributed by atoms with van der Waals surface area (Å²) in [5, 5.41) is 5.75. The van der Waals surface area contributed by atoms with E-state index in [0.29, 0.717) is 5.92 Å².